The molecule has 0 aromatic heterocycles. The summed E-state index contributed by atoms with van der Waals surface area (Å²) in [6, 6.07) is 7.90. The maximum Gasteiger partial charge on any atom is 0.184 e. The van der Waals surface area contributed by atoms with E-state index in [1.165, 1.54) is 0 Å². The summed E-state index contributed by atoms with van der Waals surface area (Å²) >= 11 is 0. The topological polar surface area (TPSA) is 67.2 Å². The van der Waals surface area contributed by atoms with Crippen molar-refractivity contribution in [3.05, 3.63) is 51.9 Å². The molecule has 0 saturated carbocycles. The molecule has 0 bridgehead atoms. The van der Waals surface area contributed by atoms with Gasteiger partial charge in [-0.1, -0.05) is 35.5 Å². The normalized spacial score (nSPS) is 16.2. The summed E-state index contributed by atoms with van der Waals surface area (Å²) in [7, 11) is 0. The van der Waals surface area contributed by atoms with E-state index in [4.69, 9.17) is 15.0 Å². The third-order valence-electron chi connectivity index (χ3n) is 2.37. The summed E-state index contributed by atoms with van der Waals surface area (Å²) in [5.41, 5.74) is 10.2. The van der Waals surface area contributed by atoms with Crippen molar-refractivity contribution in [1.82, 2.24) is 0 Å². The average Bonchev–Trinajstić information content (AvgIpc) is 2.89. The number of azide groups is 1. The molecule has 5 nitrogen and oxygen atoms in total. The molecule has 1 aromatic rings. The van der Waals surface area contributed by atoms with Crippen LogP contribution in [0.2, 0.25) is 0 Å². The summed E-state index contributed by atoms with van der Waals surface area (Å²) in [5.74, 6) is 0. The largest absolute Gasteiger partial charge is 0.346 e. The van der Waals surface area contributed by atoms with Crippen LogP contribution >= 0.6 is 0 Å². The van der Waals surface area contributed by atoms with Crippen LogP contribution < -0.4 is 0 Å². The van der Waals surface area contributed by atoms with E-state index in [2.05, 4.69) is 10.0 Å². The summed E-state index contributed by atoms with van der Waals surface area (Å²) in [6.45, 7) is 1.64. The van der Waals surface area contributed by atoms with Crippen LogP contribution in [0.3, 0.4) is 0 Å². The Morgan fingerprint density at radius 2 is 2.24 bits per heavy atom. The number of hydrogen-bond acceptors (Lipinski definition) is 3. The third kappa shape index (κ3) is 3.32. The molecule has 1 fully saturated rings. The molecule has 2 rings (SSSR count). The second-order valence-electron chi connectivity index (χ2n) is 3.56. The van der Waals surface area contributed by atoms with Crippen molar-refractivity contribution in [2.24, 2.45) is 5.11 Å². The zero-order chi connectivity index (χ0) is 11.9. The molecule has 1 aromatic carbocycles. The molecular formula is C12H13N3O2. The van der Waals surface area contributed by atoms with Crippen molar-refractivity contribution >= 4 is 6.08 Å². The molecule has 1 saturated heterocycles. The van der Waals surface area contributed by atoms with Gasteiger partial charge in [0.15, 0.2) is 6.29 Å². The van der Waals surface area contributed by atoms with Gasteiger partial charge in [-0.2, -0.15) is 0 Å². The molecule has 0 N–H and O–H groups in total. The first-order valence-corrected chi connectivity index (χ1v) is 5.41. The van der Waals surface area contributed by atoms with Gasteiger partial charge in [0.05, 0.1) is 13.2 Å². The fraction of sp³-hybridized carbons (Fsp3) is 0.333. The van der Waals surface area contributed by atoms with Crippen molar-refractivity contribution in [2.45, 2.75) is 6.29 Å². The second-order valence-corrected chi connectivity index (χ2v) is 3.56. The quantitative estimate of drug-likeness (QED) is 0.454. The highest BCUT2D eigenvalue weighted by Crippen LogP contribution is 2.24. The van der Waals surface area contributed by atoms with Crippen LogP contribution in [0.1, 0.15) is 17.4 Å². The van der Waals surface area contributed by atoms with E-state index in [0.717, 1.165) is 11.1 Å². The summed E-state index contributed by atoms with van der Waals surface area (Å²) < 4.78 is 10.8. The SMILES string of the molecule is [N-]=[N+]=NCC=Cc1cccc(C2OCCO2)c1. The Morgan fingerprint density at radius 3 is 3.00 bits per heavy atom. The number of hydrogen-bond donors (Lipinski definition) is 0. The van der Waals surface area contributed by atoms with Gasteiger partial charge in [-0.25, -0.2) is 0 Å². The van der Waals surface area contributed by atoms with Crippen molar-refractivity contribution in [3.63, 3.8) is 0 Å². The van der Waals surface area contributed by atoms with Crippen molar-refractivity contribution in [2.75, 3.05) is 19.8 Å². The van der Waals surface area contributed by atoms with Gasteiger partial charge in [0.2, 0.25) is 0 Å². The lowest BCUT2D eigenvalue weighted by Gasteiger charge is -2.09. The van der Waals surface area contributed by atoms with Crippen LogP contribution in [0.25, 0.3) is 16.5 Å². The van der Waals surface area contributed by atoms with Gasteiger partial charge in [0.25, 0.3) is 0 Å². The first-order valence-electron chi connectivity index (χ1n) is 5.41. The van der Waals surface area contributed by atoms with E-state index >= 15 is 0 Å². The van der Waals surface area contributed by atoms with Gasteiger partial charge in [0.1, 0.15) is 0 Å². The smallest absolute Gasteiger partial charge is 0.184 e. The fourth-order valence-corrected chi connectivity index (χ4v) is 1.63. The molecule has 5 heteroatoms. The summed E-state index contributed by atoms with van der Waals surface area (Å²) in [5, 5.41) is 3.43. The molecule has 1 heterocycles. The van der Waals surface area contributed by atoms with Crippen LogP contribution in [-0.2, 0) is 9.47 Å². The molecule has 0 atom stereocenters. The van der Waals surface area contributed by atoms with E-state index < -0.39 is 0 Å². The number of benzene rings is 1. The first kappa shape index (κ1) is 11.7. The second kappa shape index (κ2) is 6.06. The molecule has 0 radical (unpaired) electrons. The predicted octanol–water partition coefficient (Wildman–Crippen LogP) is 3.06. The first-order chi connectivity index (χ1) is 8.40. The van der Waals surface area contributed by atoms with Crippen LogP contribution in [0, 0.1) is 0 Å². The molecule has 17 heavy (non-hydrogen) atoms. The van der Waals surface area contributed by atoms with E-state index in [9.17, 15) is 0 Å². The lowest BCUT2D eigenvalue weighted by Crippen LogP contribution is -1.97. The molecule has 0 aliphatic carbocycles. The molecule has 1 aliphatic rings. The highest BCUT2D eigenvalue weighted by molar-refractivity contribution is 5.50. The van der Waals surface area contributed by atoms with Gasteiger partial charge in [-0.05, 0) is 17.2 Å². The minimum Gasteiger partial charge on any atom is -0.346 e. The molecule has 1 aliphatic heterocycles. The highest BCUT2D eigenvalue weighted by Gasteiger charge is 2.17. The zero-order valence-corrected chi connectivity index (χ0v) is 9.32. The lowest BCUT2D eigenvalue weighted by atomic mass is 10.1. The minimum absolute atomic E-state index is 0.250. The fourth-order valence-electron chi connectivity index (χ4n) is 1.63. The van der Waals surface area contributed by atoms with Crippen molar-refractivity contribution in [3.8, 4) is 0 Å². The Labute approximate surface area is 99.3 Å². The summed E-state index contributed by atoms with van der Waals surface area (Å²) in [4.78, 5) is 2.68. The van der Waals surface area contributed by atoms with Crippen molar-refractivity contribution in [1.29, 1.82) is 0 Å². The molecule has 88 valence electrons. The Bertz CT molecular complexity index is 447. The number of nitrogens with zero attached hydrogens (tertiary/aromatic N) is 3. The monoisotopic (exact) mass is 231 g/mol. The number of ether oxygens (including phenoxy) is 2. The Balaban J connectivity index is 2.05. The van der Waals surface area contributed by atoms with Gasteiger partial charge in [0, 0.05) is 17.0 Å². The van der Waals surface area contributed by atoms with Crippen LogP contribution in [0.15, 0.2) is 35.5 Å². The Hall–Kier alpha value is -1.81. The Kier molecular flexibility index (Phi) is 4.16. The standard InChI is InChI=1S/C12H13N3O2/c13-15-14-6-2-4-10-3-1-5-11(9-10)12-16-7-8-17-12/h1-5,9,12H,6-8H2. The predicted molar refractivity (Wildman–Crippen MR) is 64.1 cm³/mol. The van der Waals surface area contributed by atoms with Gasteiger partial charge >= 0.3 is 0 Å². The highest BCUT2D eigenvalue weighted by atomic mass is 16.7. The van der Waals surface area contributed by atoms with Gasteiger partial charge in [-0.15, -0.1) is 0 Å². The lowest BCUT2D eigenvalue weighted by molar-refractivity contribution is -0.0441. The van der Waals surface area contributed by atoms with Crippen LogP contribution in [-0.4, -0.2) is 19.8 Å². The average molecular weight is 231 g/mol. The summed E-state index contributed by atoms with van der Waals surface area (Å²) in [6.07, 6.45) is 3.47. The molecule has 0 spiro atoms. The Morgan fingerprint density at radius 1 is 1.41 bits per heavy atom. The maximum absolute atomic E-state index is 8.14. The van der Waals surface area contributed by atoms with Crippen molar-refractivity contribution < 1.29 is 9.47 Å². The van der Waals surface area contributed by atoms with Crippen LogP contribution in [0.4, 0.5) is 0 Å². The molecular weight excluding hydrogens is 218 g/mol. The maximum atomic E-state index is 8.14. The van der Waals surface area contributed by atoms with E-state index in [1.54, 1.807) is 0 Å². The van der Waals surface area contributed by atoms with E-state index in [0.29, 0.717) is 19.8 Å². The third-order valence-corrected chi connectivity index (χ3v) is 2.37. The van der Waals surface area contributed by atoms with Crippen LogP contribution in [0.5, 0.6) is 0 Å². The van der Waals surface area contributed by atoms with Gasteiger partial charge in [-0.3, -0.25) is 0 Å². The minimum atomic E-state index is -0.250. The molecule has 0 unspecified atom stereocenters. The number of rotatable bonds is 4. The zero-order valence-electron chi connectivity index (χ0n) is 9.32. The molecule has 0 amide bonds. The van der Waals surface area contributed by atoms with E-state index in [1.807, 2.05) is 36.4 Å². The van der Waals surface area contributed by atoms with E-state index in [-0.39, 0.29) is 6.29 Å². The van der Waals surface area contributed by atoms with Gasteiger partial charge < -0.3 is 9.47 Å².